The molecule has 1 aromatic heterocycles. The van der Waals surface area contributed by atoms with Gasteiger partial charge in [-0.2, -0.15) is 53.7 Å². The van der Waals surface area contributed by atoms with Crippen molar-refractivity contribution in [3.63, 3.8) is 0 Å². The first-order valence-electron chi connectivity index (χ1n) is 15.7. The van der Waals surface area contributed by atoms with Crippen molar-refractivity contribution in [2.24, 2.45) is 5.10 Å². The number of benzene rings is 4. The van der Waals surface area contributed by atoms with E-state index in [0.29, 0.717) is 18.2 Å². The molecule has 1 aliphatic rings. The number of amides is 1. The number of Topliss-reactive ketones (excluding diaryl/α,β-unsaturated/α-hetero) is 1. The molecule has 0 aliphatic heterocycles. The second kappa shape index (κ2) is 17.4. The van der Waals surface area contributed by atoms with Crippen molar-refractivity contribution in [2.75, 3.05) is 21.4 Å². The molecule has 0 atom stereocenters. The number of ketones is 1. The fraction of sp³-hybridized carbons (Fsp3) is 0. The van der Waals surface area contributed by atoms with Gasteiger partial charge in [0.25, 0.3) is 46.4 Å². The van der Waals surface area contributed by atoms with Gasteiger partial charge in [-0.05, 0) is 90.0 Å². The number of hydrogen-bond acceptors (Lipinski definition) is 17. The number of nitrogens with one attached hydrogen (secondary N) is 4. The van der Waals surface area contributed by atoms with Crippen molar-refractivity contribution in [3.8, 4) is 0 Å². The van der Waals surface area contributed by atoms with Crippen molar-refractivity contribution in [3.05, 3.63) is 112 Å². The third-order valence-electron chi connectivity index (χ3n) is 7.78. The van der Waals surface area contributed by atoms with Crippen molar-refractivity contribution < 1.29 is 61.5 Å². The Kier molecular flexibility index (Phi) is 13.3. The number of allylic oxidation sites excluding steroid dienone is 1. The van der Waals surface area contributed by atoms with Crippen molar-refractivity contribution >= 4 is 140 Å². The number of rotatable bonds is 12. The topological polar surface area (TPSA) is 351 Å². The first kappa shape index (κ1) is 45.8. The Morgan fingerprint density at radius 1 is 0.650 bits per heavy atom. The number of nitrogens with zero attached hydrogens (tertiary/aromatic N) is 4. The Bertz CT molecular complexity index is 3100. The van der Waals surface area contributed by atoms with E-state index in [1.165, 1.54) is 36.4 Å². The molecule has 1 aliphatic carbocycles. The molecule has 6 rings (SSSR count). The summed E-state index contributed by atoms with van der Waals surface area (Å²) in [7, 11) is -20.0. The quantitative estimate of drug-likeness (QED) is 0.0504. The number of aromatic nitrogens is 3. The summed E-state index contributed by atoms with van der Waals surface area (Å²) in [5, 5.41) is 11.1. The third-order valence-corrected chi connectivity index (χ3v) is 11.4. The molecule has 0 saturated carbocycles. The van der Waals surface area contributed by atoms with E-state index in [1.54, 1.807) is 6.07 Å². The summed E-state index contributed by atoms with van der Waals surface area (Å²) in [5.74, 6) is -2.69. The molecule has 8 N–H and O–H groups in total. The molecule has 0 bridgehead atoms. The zero-order valence-corrected chi connectivity index (χ0v) is 35.9. The number of anilines is 6. The molecule has 1 heterocycles. The third kappa shape index (κ3) is 10.7. The molecule has 4 aromatic carbocycles. The van der Waals surface area contributed by atoms with Crippen LogP contribution in [0, 0.1) is 0 Å². The van der Waals surface area contributed by atoms with Gasteiger partial charge in [-0.15, -0.1) is 0 Å². The molecule has 28 heteroatoms. The number of hydrogen-bond donors (Lipinski definition) is 8. The summed E-state index contributed by atoms with van der Waals surface area (Å²) < 4.78 is 136. The molecule has 0 spiro atoms. The number of halogens is 1. The summed E-state index contributed by atoms with van der Waals surface area (Å²) in [5.41, 5.74) is -0.947. The molecule has 1 radical (unpaired) electrons. The summed E-state index contributed by atoms with van der Waals surface area (Å²) in [6.45, 7) is 0. The Morgan fingerprint density at radius 2 is 1.23 bits per heavy atom. The minimum absolute atomic E-state index is 0. The Labute approximate surface area is 366 Å². The molecular formula is C32H23ClN8NaO14S4. The Balaban J connectivity index is 0.00000683. The van der Waals surface area contributed by atoms with Gasteiger partial charge in [-0.3, -0.25) is 33.2 Å². The van der Waals surface area contributed by atoms with Gasteiger partial charge >= 0.3 is 0 Å². The second-order valence-corrected chi connectivity index (χ2v) is 17.8. The number of carbonyl (C=O) groups excluding carboxylic acids is 2. The van der Waals surface area contributed by atoms with E-state index in [-0.39, 0.29) is 63.7 Å². The van der Waals surface area contributed by atoms with Gasteiger partial charge in [0.05, 0.1) is 26.7 Å². The normalized spacial score (nSPS) is 13.7. The zero-order chi connectivity index (χ0) is 43.1. The molecular weight excluding hydrogens is 907 g/mol. The van der Waals surface area contributed by atoms with Crippen LogP contribution in [0.4, 0.5) is 34.6 Å². The maximum absolute atomic E-state index is 14.0. The van der Waals surface area contributed by atoms with Crippen molar-refractivity contribution in [2.45, 2.75) is 14.7 Å². The van der Waals surface area contributed by atoms with E-state index in [9.17, 15) is 61.5 Å². The van der Waals surface area contributed by atoms with Crippen LogP contribution in [-0.4, -0.2) is 114 Å². The van der Waals surface area contributed by atoms with Gasteiger partial charge < -0.3 is 16.0 Å². The fourth-order valence-electron chi connectivity index (χ4n) is 5.24. The summed E-state index contributed by atoms with van der Waals surface area (Å²) in [6.07, 6.45) is 0.611. The van der Waals surface area contributed by atoms with E-state index in [2.05, 4.69) is 41.4 Å². The van der Waals surface area contributed by atoms with E-state index in [4.69, 9.17) is 11.6 Å². The second-order valence-electron chi connectivity index (χ2n) is 11.8. The van der Waals surface area contributed by atoms with Crippen LogP contribution < -0.4 is 21.4 Å². The van der Waals surface area contributed by atoms with Crippen molar-refractivity contribution in [1.82, 2.24) is 15.0 Å². The fourth-order valence-corrected chi connectivity index (χ4v) is 7.71. The van der Waals surface area contributed by atoms with E-state index in [1.807, 2.05) is 0 Å². The van der Waals surface area contributed by atoms with Gasteiger partial charge in [-0.1, -0.05) is 18.2 Å². The van der Waals surface area contributed by atoms with Crippen LogP contribution in [0.1, 0.15) is 26.3 Å². The molecule has 0 unspecified atom stereocenters. The van der Waals surface area contributed by atoms with Crippen LogP contribution in [0.3, 0.4) is 0 Å². The van der Waals surface area contributed by atoms with E-state index < -0.39 is 100.0 Å². The first-order valence-corrected chi connectivity index (χ1v) is 21.9. The Morgan fingerprint density at radius 3 is 1.80 bits per heavy atom. The molecule has 22 nitrogen and oxygen atoms in total. The van der Waals surface area contributed by atoms with E-state index in [0.717, 1.165) is 30.3 Å². The SMILES string of the molecule is O=C(Nc1cc(S(=O)(=O)O)cc2c1C(=O)/C(=N\Nc1cc(Nc3nc(Cl)nc(Nc4ccc(S(=O)(=O)O)cc4)n3)ccc1S(=O)(=O)O)C(S(=O)(=O)O)=C2)c1ccccc1.[Na]. The minimum atomic E-state index is -5.40. The summed E-state index contributed by atoms with van der Waals surface area (Å²) >= 11 is 6.05. The van der Waals surface area contributed by atoms with Crippen LogP contribution >= 0.6 is 11.6 Å². The molecule has 1 amide bonds. The van der Waals surface area contributed by atoms with Crippen LogP contribution in [0.2, 0.25) is 5.28 Å². The number of hydrazone groups is 1. The number of fused-ring (bicyclic) bond motifs is 1. The van der Waals surface area contributed by atoms with Gasteiger partial charge in [0.1, 0.15) is 9.80 Å². The molecule has 307 valence electrons. The van der Waals surface area contributed by atoms with Gasteiger partial charge in [0, 0.05) is 46.5 Å². The van der Waals surface area contributed by atoms with Crippen molar-refractivity contribution in [1.29, 1.82) is 0 Å². The minimum Gasteiger partial charge on any atom is -0.324 e. The maximum Gasteiger partial charge on any atom is 0.296 e. The van der Waals surface area contributed by atoms with Crippen LogP contribution in [0.5, 0.6) is 0 Å². The first-order chi connectivity index (χ1) is 27.5. The van der Waals surface area contributed by atoms with Crippen LogP contribution in [0.15, 0.2) is 110 Å². The average Bonchev–Trinajstić information content (AvgIpc) is 3.13. The van der Waals surface area contributed by atoms with Gasteiger partial charge in [-0.25, -0.2) is 0 Å². The summed E-state index contributed by atoms with van der Waals surface area (Å²) in [4.78, 5) is 35.7. The van der Waals surface area contributed by atoms with E-state index >= 15 is 0 Å². The van der Waals surface area contributed by atoms with Gasteiger partial charge in [0.15, 0.2) is 5.71 Å². The largest absolute Gasteiger partial charge is 0.324 e. The maximum atomic E-state index is 14.0. The molecule has 5 aromatic rings. The average molecular weight is 930 g/mol. The number of carbonyl (C=O) groups is 2. The standard InChI is InChI=1S/C32H23ClN8O14S4.Na/c33-30-37-31(34-18-6-9-20(10-7-18)56(44,45)46)39-32(38-30)35-19-8-11-24(58(50,51)52)22(14-19)40-41-27-25(59(53,54)55)13-17-12-21(57(47,48)49)15-23(26(17)28(27)42)36-29(43)16-4-2-1-3-5-16;/h1-15,40H,(H,36,43)(H,44,45,46)(H,47,48,49)(H,50,51,52)(H,53,54,55)(H2,34,35,37,38,39);/b41-27-;. The zero-order valence-electron chi connectivity index (χ0n) is 29.8. The smallest absolute Gasteiger partial charge is 0.296 e. The van der Waals surface area contributed by atoms with Crippen LogP contribution in [-0.2, 0) is 40.5 Å². The summed E-state index contributed by atoms with van der Waals surface area (Å²) in [6, 6.07) is 16.4. The van der Waals surface area contributed by atoms with Crippen LogP contribution in [0.25, 0.3) is 6.08 Å². The monoisotopic (exact) mass is 929 g/mol. The van der Waals surface area contributed by atoms with Gasteiger partial charge in [0.2, 0.25) is 23.0 Å². The molecule has 0 saturated heterocycles. The predicted octanol–water partition coefficient (Wildman–Crippen LogP) is 3.52. The predicted molar refractivity (Wildman–Crippen MR) is 215 cm³/mol. The molecule has 0 fully saturated rings. The Hall–Kier alpha value is -5.23. The molecule has 60 heavy (non-hydrogen) atoms.